The molecule has 0 radical (unpaired) electrons. The molecule has 10 unspecified atom stereocenters. The smallest absolute Gasteiger partial charge is 0.321 e. The highest BCUT2D eigenvalue weighted by Crippen LogP contribution is 2.37. The van der Waals surface area contributed by atoms with E-state index in [1.807, 2.05) is 65.8 Å². The minimum absolute atomic E-state index is 0.0534. The summed E-state index contributed by atoms with van der Waals surface area (Å²) in [6.07, 6.45) is 11.5. The molecular formula is C42H71ClO11. The second-order valence-electron chi connectivity index (χ2n) is 14.5. The van der Waals surface area contributed by atoms with Gasteiger partial charge in [-0.2, -0.15) is 0 Å². The first-order chi connectivity index (χ1) is 25.9. The minimum Gasteiger partial charge on any atom is -0.457 e. The number of halogens is 1. The summed E-state index contributed by atoms with van der Waals surface area (Å²) < 4.78 is 53.2. The van der Waals surface area contributed by atoms with Crippen LogP contribution >= 0.6 is 11.6 Å². The lowest BCUT2D eigenvalue weighted by molar-refractivity contribution is -0.167. The maximum atomic E-state index is 13.5. The number of ether oxygens (including phenoxy) is 9. The van der Waals surface area contributed by atoms with Gasteiger partial charge in [0.15, 0.2) is 0 Å². The zero-order valence-corrected chi connectivity index (χ0v) is 35.3. The molecule has 2 aliphatic rings. The van der Waals surface area contributed by atoms with Crippen molar-refractivity contribution in [3.8, 4) is 0 Å². The van der Waals surface area contributed by atoms with E-state index < -0.39 is 29.9 Å². The highest BCUT2D eigenvalue weighted by molar-refractivity contribution is 6.26. The van der Waals surface area contributed by atoms with Gasteiger partial charge in [-0.15, -0.1) is 11.6 Å². The van der Waals surface area contributed by atoms with Gasteiger partial charge in [0.05, 0.1) is 70.5 Å². The number of carbonyl (C=O) groups excluding carboxylic acids is 2. The second-order valence-corrected chi connectivity index (χ2v) is 14.8. The third kappa shape index (κ3) is 18.0. The van der Waals surface area contributed by atoms with Crippen molar-refractivity contribution < 1.29 is 52.2 Å². The molecule has 0 bridgehead atoms. The number of allylic oxidation sites excluding steroid dienone is 3. The maximum Gasteiger partial charge on any atom is 0.321 e. The Morgan fingerprint density at radius 2 is 1.67 bits per heavy atom. The van der Waals surface area contributed by atoms with Crippen LogP contribution in [0.15, 0.2) is 36.0 Å². The molecular weight excluding hydrogens is 716 g/mol. The van der Waals surface area contributed by atoms with Crippen LogP contribution < -0.4 is 0 Å². The van der Waals surface area contributed by atoms with Gasteiger partial charge in [-0.1, -0.05) is 52.0 Å². The number of carbonyl (C=O) groups is 2. The van der Waals surface area contributed by atoms with E-state index in [9.17, 15) is 9.59 Å². The summed E-state index contributed by atoms with van der Waals surface area (Å²) in [5.41, 5.74) is -0.0706. The Kier molecular flexibility index (Phi) is 24.1. The van der Waals surface area contributed by atoms with E-state index in [1.54, 1.807) is 0 Å². The molecule has 0 amide bonds. The van der Waals surface area contributed by atoms with Crippen LogP contribution in [0.25, 0.3) is 0 Å². The Balaban J connectivity index is 2.24. The average molecular weight is 787 g/mol. The molecule has 0 aromatic carbocycles. The molecule has 54 heavy (non-hydrogen) atoms. The van der Waals surface area contributed by atoms with Gasteiger partial charge in [-0.05, 0) is 77.9 Å². The van der Waals surface area contributed by atoms with E-state index in [-0.39, 0.29) is 48.4 Å². The summed E-state index contributed by atoms with van der Waals surface area (Å²) >= 11 is 5.89. The van der Waals surface area contributed by atoms with Crippen molar-refractivity contribution in [2.45, 2.75) is 137 Å². The van der Waals surface area contributed by atoms with E-state index >= 15 is 0 Å². The molecule has 2 rings (SSSR count). The van der Waals surface area contributed by atoms with E-state index in [0.717, 1.165) is 18.4 Å². The van der Waals surface area contributed by atoms with E-state index in [1.165, 1.54) is 0 Å². The maximum absolute atomic E-state index is 13.5. The largest absolute Gasteiger partial charge is 0.457 e. The molecule has 11 nitrogen and oxygen atoms in total. The van der Waals surface area contributed by atoms with Crippen LogP contribution in [-0.2, 0) is 52.2 Å². The Morgan fingerprint density at radius 3 is 2.31 bits per heavy atom. The standard InChI is InChI=1S/C42H71ClO11/c1-10-35(50-25-22-47-12-3)33(8)41-36(52-41)27-30(5)15-14-16-31(6)40-32(7)17-18-37(53-39(45)29-43)42(9,51-26-23-48-13-4)20-19-34(28-38(44)54-40)49-24-21-46-11-2/h14-18,30,32-37,40-41H,10-13,19-29H2,1-9H3/b15-14+,18-17+,31-16+. The van der Waals surface area contributed by atoms with Crippen LogP contribution in [-0.4, -0.2) is 120 Å². The first-order valence-electron chi connectivity index (χ1n) is 20.2. The summed E-state index contributed by atoms with van der Waals surface area (Å²) in [5.74, 6) is -0.880. The third-order valence-electron chi connectivity index (χ3n) is 10.0. The highest BCUT2D eigenvalue weighted by Gasteiger charge is 2.45. The fourth-order valence-electron chi connectivity index (χ4n) is 6.79. The molecule has 2 heterocycles. The SMILES string of the molecule is CCOCCOC1CCC(C)(OCCOCC)C(OC(=O)CCl)/C=C/C(C)C(/C(C)=C/C=C/C(C)CC2OC2C(C)C(CC)OCCOCC)OC(=O)C1. The van der Waals surface area contributed by atoms with Crippen molar-refractivity contribution in [2.24, 2.45) is 17.8 Å². The van der Waals surface area contributed by atoms with Gasteiger partial charge in [0.1, 0.15) is 23.7 Å². The Labute approximate surface area is 330 Å². The van der Waals surface area contributed by atoms with E-state index in [2.05, 4.69) is 26.8 Å². The Hall–Kier alpha value is -1.83. The number of epoxide rings is 1. The van der Waals surface area contributed by atoms with Gasteiger partial charge >= 0.3 is 11.9 Å². The van der Waals surface area contributed by atoms with Crippen molar-refractivity contribution in [2.75, 3.05) is 65.3 Å². The molecule has 0 aromatic rings. The number of cyclic esters (lactones) is 1. The second kappa shape index (κ2) is 26.9. The molecule has 312 valence electrons. The zero-order valence-electron chi connectivity index (χ0n) is 34.6. The van der Waals surface area contributed by atoms with Gasteiger partial charge in [0, 0.05) is 31.7 Å². The van der Waals surface area contributed by atoms with Gasteiger partial charge in [0.25, 0.3) is 0 Å². The molecule has 0 aromatic heterocycles. The fourth-order valence-corrected chi connectivity index (χ4v) is 6.86. The first kappa shape index (κ1) is 48.3. The lowest BCUT2D eigenvalue weighted by Crippen LogP contribution is -2.46. The van der Waals surface area contributed by atoms with Crippen LogP contribution in [0.3, 0.4) is 0 Å². The fraction of sp³-hybridized carbons (Fsp3) is 0.810. The molecule has 12 heteroatoms. The summed E-state index contributed by atoms with van der Waals surface area (Å²) in [5, 5.41) is 0. The molecule has 2 aliphatic heterocycles. The highest BCUT2D eigenvalue weighted by atomic mass is 35.5. The van der Waals surface area contributed by atoms with Gasteiger partial charge < -0.3 is 42.6 Å². The number of rotatable bonds is 25. The van der Waals surface area contributed by atoms with Crippen molar-refractivity contribution in [1.29, 1.82) is 0 Å². The van der Waals surface area contributed by atoms with Gasteiger partial charge in [0.2, 0.25) is 0 Å². The molecule has 0 spiro atoms. The van der Waals surface area contributed by atoms with Crippen molar-refractivity contribution in [3.05, 3.63) is 36.0 Å². The minimum atomic E-state index is -0.949. The Bertz CT molecular complexity index is 1150. The summed E-state index contributed by atoms with van der Waals surface area (Å²) in [4.78, 5) is 26.1. The molecule has 0 N–H and O–H groups in total. The first-order valence-corrected chi connectivity index (χ1v) is 20.7. The zero-order chi connectivity index (χ0) is 39.9. The Morgan fingerprint density at radius 1 is 1.00 bits per heavy atom. The molecule has 1 fully saturated rings. The van der Waals surface area contributed by atoms with E-state index in [4.69, 9.17) is 54.2 Å². The molecule has 10 atom stereocenters. The molecule has 1 saturated heterocycles. The molecule has 0 saturated carbocycles. The van der Waals surface area contributed by atoms with Crippen molar-refractivity contribution in [3.63, 3.8) is 0 Å². The number of alkyl halides is 1. The summed E-state index contributed by atoms with van der Waals surface area (Å²) in [7, 11) is 0. The van der Waals surface area contributed by atoms with Crippen LogP contribution in [0.2, 0.25) is 0 Å². The topological polar surface area (TPSA) is 121 Å². The number of hydrogen-bond donors (Lipinski definition) is 0. The van der Waals surface area contributed by atoms with Crippen LogP contribution in [0, 0.1) is 17.8 Å². The van der Waals surface area contributed by atoms with Gasteiger partial charge in [-0.3, -0.25) is 9.59 Å². The van der Waals surface area contributed by atoms with Crippen LogP contribution in [0.5, 0.6) is 0 Å². The van der Waals surface area contributed by atoms with Crippen molar-refractivity contribution >= 4 is 23.5 Å². The third-order valence-corrected chi connectivity index (χ3v) is 10.3. The lowest BCUT2D eigenvalue weighted by Gasteiger charge is -2.37. The monoisotopic (exact) mass is 786 g/mol. The quantitative estimate of drug-likeness (QED) is 0.0230. The van der Waals surface area contributed by atoms with E-state index in [0.29, 0.717) is 78.2 Å². The lowest BCUT2D eigenvalue weighted by atomic mass is 9.88. The summed E-state index contributed by atoms with van der Waals surface area (Å²) in [6, 6.07) is 0. The predicted molar refractivity (Wildman–Crippen MR) is 211 cm³/mol. The number of hydrogen-bond acceptors (Lipinski definition) is 11. The van der Waals surface area contributed by atoms with Crippen LogP contribution in [0.1, 0.15) is 94.4 Å². The number of esters is 2. The average Bonchev–Trinajstić information content (AvgIpc) is 3.92. The van der Waals surface area contributed by atoms with Gasteiger partial charge in [-0.25, -0.2) is 0 Å². The predicted octanol–water partition coefficient (Wildman–Crippen LogP) is 7.42. The summed E-state index contributed by atoms with van der Waals surface area (Å²) in [6.45, 7) is 22.7. The van der Waals surface area contributed by atoms with Crippen molar-refractivity contribution in [1.82, 2.24) is 0 Å². The normalized spacial score (nSPS) is 29.1. The van der Waals surface area contributed by atoms with Crippen LogP contribution in [0.4, 0.5) is 0 Å². The molecule has 0 aliphatic carbocycles.